The molecule has 1 heterocycles. The number of carbonyl (C=O) groups is 1. The Hall–Kier alpha value is -0.610. The molecule has 1 amide bonds. The monoisotopic (exact) mass is 255 g/mol. The Kier molecular flexibility index (Phi) is 6.09. The van der Waals surface area contributed by atoms with Crippen LogP contribution in [0, 0.1) is 5.92 Å². The number of carbonyl (C=O) groups excluding carboxylic acids is 1. The highest BCUT2D eigenvalue weighted by Crippen LogP contribution is 2.19. The number of hydrogen-bond donors (Lipinski definition) is 1. The average Bonchev–Trinajstić information content (AvgIpc) is 2.53. The Labute approximate surface area is 112 Å². The van der Waals surface area contributed by atoms with E-state index in [4.69, 9.17) is 0 Å². The Morgan fingerprint density at radius 1 is 1.39 bits per heavy atom. The molecular weight excluding hydrogens is 226 g/mol. The maximum Gasteiger partial charge on any atom is 0.241 e. The fourth-order valence-electron chi connectivity index (χ4n) is 2.47. The van der Waals surface area contributed by atoms with E-state index < -0.39 is 0 Å². The topological polar surface area (TPSA) is 35.6 Å². The molecule has 18 heavy (non-hydrogen) atoms. The lowest BCUT2D eigenvalue weighted by Gasteiger charge is -2.25. The van der Waals surface area contributed by atoms with Gasteiger partial charge < -0.3 is 9.80 Å². The molecule has 4 heteroatoms. The average molecular weight is 255 g/mol. The molecule has 0 aromatic carbocycles. The lowest BCUT2D eigenvalue weighted by molar-refractivity contribution is -0.130. The van der Waals surface area contributed by atoms with Gasteiger partial charge in [-0.15, -0.1) is 0 Å². The van der Waals surface area contributed by atoms with Gasteiger partial charge in [0.2, 0.25) is 5.91 Å². The summed E-state index contributed by atoms with van der Waals surface area (Å²) in [5.74, 6) is 0.853. The van der Waals surface area contributed by atoms with Crippen molar-refractivity contribution in [2.75, 3.05) is 27.2 Å². The zero-order valence-corrected chi connectivity index (χ0v) is 12.6. The number of nitrogens with one attached hydrogen (secondary N) is 1. The highest BCUT2D eigenvalue weighted by molar-refractivity contribution is 5.84. The molecule has 1 aliphatic rings. The van der Waals surface area contributed by atoms with E-state index in [-0.39, 0.29) is 12.2 Å². The van der Waals surface area contributed by atoms with Crippen molar-refractivity contribution >= 4 is 5.91 Å². The van der Waals surface area contributed by atoms with Crippen molar-refractivity contribution in [1.29, 1.82) is 0 Å². The molecule has 1 saturated heterocycles. The molecule has 1 rings (SSSR count). The predicted molar refractivity (Wildman–Crippen MR) is 75.3 cm³/mol. The molecule has 2 unspecified atom stereocenters. The van der Waals surface area contributed by atoms with Crippen LogP contribution >= 0.6 is 0 Å². The zero-order valence-electron chi connectivity index (χ0n) is 12.6. The smallest absolute Gasteiger partial charge is 0.241 e. The summed E-state index contributed by atoms with van der Waals surface area (Å²) in [5, 5.41) is 3.50. The van der Waals surface area contributed by atoms with Crippen molar-refractivity contribution in [3.05, 3.63) is 0 Å². The van der Waals surface area contributed by atoms with Crippen LogP contribution < -0.4 is 5.32 Å². The van der Waals surface area contributed by atoms with Gasteiger partial charge in [0.25, 0.3) is 0 Å². The van der Waals surface area contributed by atoms with Gasteiger partial charge in [0, 0.05) is 13.1 Å². The maximum atomic E-state index is 12.4. The summed E-state index contributed by atoms with van der Waals surface area (Å²) in [5.41, 5.74) is 0. The lowest BCUT2D eigenvalue weighted by atomic mass is 10.0. The minimum absolute atomic E-state index is 0.0312. The van der Waals surface area contributed by atoms with E-state index in [9.17, 15) is 4.79 Å². The fraction of sp³-hybridized carbons (Fsp3) is 0.929. The molecule has 1 N–H and O–H groups in total. The van der Waals surface area contributed by atoms with Crippen LogP contribution in [0.3, 0.4) is 0 Å². The summed E-state index contributed by atoms with van der Waals surface area (Å²) in [4.78, 5) is 16.6. The molecule has 4 nitrogen and oxygen atoms in total. The van der Waals surface area contributed by atoms with E-state index in [1.165, 1.54) is 0 Å². The first-order valence-corrected chi connectivity index (χ1v) is 7.17. The van der Waals surface area contributed by atoms with Crippen LogP contribution in [0.5, 0.6) is 0 Å². The molecule has 106 valence electrons. The molecule has 0 spiro atoms. The molecular formula is C14H29N3O. The Bertz CT molecular complexity index is 266. The van der Waals surface area contributed by atoms with E-state index in [1.807, 2.05) is 4.90 Å². The third-order valence-corrected chi connectivity index (χ3v) is 3.41. The number of rotatable bonds is 7. The summed E-state index contributed by atoms with van der Waals surface area (Å²) < 4.78 is 0. The van der Waals surface area contributed by atoms with Gasteiger partial charge in [0.15, 0.2) is 0 Å². The molecule has 0 radical (unpaired) electrons. The van der Waals surface area contributed by atoms with Gasteiger partial charge in [-0.1, -0.05) is 27.2 Å². The van der Waals surface area contributed by atoms with E-state index in [0.29, 0.717) is 11.8 Å². The van der Waals surface area contributed by atoms with Crippen LogP contribution in [0.4, 0.5) is 0 Å². The van der Waals surface area contributed by atoms with E-state index >= 15 is 0 Å². The van der Waals surface area contributed by atoms with Crippen molar-refractivity contribution < 1.29 is 4.79 Å². The first kappa shape index (κ1) is 15.4. The van der Waals surface area contributed by atoms with Gasteiger partial charge >= 0.3 is 0 Å². The van der Waals surface area contributed by atoms with Crippen LogP contribution in [0.25, 0.3) is 0 Å². The normalized spacial score (nSPS) is 24.6. The summed E-state index contributed by atoms with van der Waals surface area (Å²) in [6.07, 6.45) is 3.34. The highest BCUT2D eigenvalue weighted by Gasteiger charge is 2.37. The number of nitrogens with zero attached hydrogens (tertiary/aromatic N) is 2. The van der Waals surface area contributed by atoms with E-state index in [1.54, 1.807) is 0 Å². The Morgan fingerprint density at radius 3 is 2.56 bits per heavy atom. The van der Waals surface area contributed by atoms with Gasteiger partial charge in [-0.05, 0) is 32.9 Å². The SMILES string of the molecule is CCCC1NC(CC(C)C)C(=O)N1CCN(C)C. The van der Waals surface area contributed by atoms with Crippen molar-refractivity contribution in [2.45, 2.75) is 52.2 Å². The first-order valence-electron chi connectivity index (χ1n) is 7.17. The second-order valence-electron chi connectivity index (χ2n) is 5.99. The quantitative estimate of drug-likeness (QED) is 0.749. The fourth-order valence-corrected chi connectivity index (χ4v) is 2.47. The van der Waals surface area contributed by atoms with Gasteiger partial charge in [0.1, 0.15) is 0 Å². The van der Waals surface area contributed by atoms with Gasteiger partial charge in [-0.3, -0.25) is 10.1 Å². The highest BCUT2D eigenvalue weighted by atomic mass is 16.2. The van der Waals surface area contributed by atoms with Crippen LogP contribution in [0.2, 0.25) is 0 Å². The molecule has 0 bridgehead atoms. The van der Waals surface area contributed by atoms with Crippen molar-refractivity contribution in [3.8, 4) is 0 Å². The summed E-state index contributed by atoms with van der Waals surface area (Å²) in [6, 6.07) is 0.0312. The number of hydrogen-bond acceptors (Lipinski definition) is 3. The molecule has 2 atom stereocenters. The summed E-state index contributed by atoms with van der Waals surface area (Å²) in [7, 11) is 4.10. The molecule has 1 fully saturated rings. The summed E-state index contributed by atoms with van der Waals surface area (Å²) in [6.45, 7) is 8.28. The van der Waals surface area contributed by atoms with Crippen molar-refractivity contribution in [3.63, 3.8) is 0 Å². The third-order valence-electron chi connectivity index (χ3n) is 3.41. The van der Waals surface area contributed by atoms with Gasteiger partial charge in [-0.2, -0.15) is 0 Å². The standard InChI is InChI=1S/C14H29N3O/c1-6-7-13-15-12(10-11(2)3)14(18)17(13)9-8-16(4)5/h11-13,15H,6-10H2,1-5H3. The predicted octanol–water partition coefficient (Wildman–Crippen LogP) is 1.52. The second-order valence-corrected chi connectivity index (χ2v) is 5.99. The molecule has 0 aliphatic carbocycles. The third kappa shape index (κ3) is 4.25. The Morgan fingerprint density at radius 2 is 2.06 bits per heavy atom. The largest absolute Gasteiger partial charge is 0.325 e. The molecule has 0 aromatic heterocycles. The minimum atomic E-state index is 0.0312. The zero-order chi connectivity index (χ0) is 13.7. The molecule has 1 aliphatic heterocycles. The van der Waals surface area contributed by atoms with Crippen LogP contribution in [-0.2, 0) is 4.79 Å². The summed E-state index contributed by atoms with van der Waals surface area (Å²) >= 11 is 0. The number of amides is 1. The van der Waals surface area contributed by atoms with Crippen molar-refractivity contribution in [2.24, 2.45) is 5.92 Å². The molecule has 0 aromatic rings. The van der Waals surface area contributed by atoms with E-state index in [0.717, 1.165) is 32.4 Å². The first-order chi connectivity index (χ1) is 8.45. The van der Waals surface area contributed by atoms with E-state index in [2.05, 4.69) is 45.1 Å². The van der Waals surface area contributed by atoms with Gasteiger partial charge in [-0.25, -0.2) is 0 Å². The Balaban J connectivity index is 2.62. The van der Waals surface area contributed by atoms with Crippen LogP contribution in [0.15, 0.2) is 0 Å². The molecule has 0 saturated carbocycles. The van der Waals surface area contributed by atoms with Crippen molar-refractivity contribution in [1.82, 2.24) is 15.1 Å². The minimum Gasteiger partial charge on any atom is -0.325 e. The lowest BCUT2D eigenvalue weighted by Crippen LogP contribution is -2.41. The van der Waals surface area contributed by atoms with Crippen LogP contribution in [-0.4, -0.2) is 55.1 Å². The van der Waals surface area contributed by atoms with Crippen LogP contribution in [0.1, 0.15) is 40.0 Å². The second kappa shape index (κ2) is 7.10. The van der Waals surface area contributed by atoms with Gasteiger partial charge in [0.05, 0.1) is 12.2 Å². The maximum absolute atomic E-state index is 12.4. The number of likely N-dealkylation sites (N-methyl/N-ethyl adjacent to an activating group) is 1.